The third-order valence-corrected chi connectivity index (χ3v) is 4.14. The number of aromatic nitrogens is 2. The third kappa shape index (κ3) is 3.84. The second-order valence-corrected chi connectivity index (χ2v) is 5.98. The monoisotopic (exact) mass is 526 g/mol. The van der Waals surface area contributed by atoms with E-state index in [4.69, 9.17) is 9.90 Å². The summed E-state index contributed by atoms with van der Waals surface area (Å²) in [4.78, 5) is 7.53. The van der Waals surface area contributed by atoms with Crippen molar-refractivity contribution in [2.45, 2.75) is 13.8 Å². The fourth-order valence-electron chi connectivity index (χ4n) is 3.04. The van der Waals surface area contributed by atoms with Gasteiger partial charge in [-0.1, -0.05) is 30.7 Å². The molecule has 135 valence electrons. The molecule has 0 aliphatic rings. The Hall–Kier alpha value is -2.49. The second kappa shape index (κ2) is 8.26. The van der Waals surface area contributed by atoms with Crippen LogP contribution in [0.1, 0.15) is 12.5 Å². The third-order valence-electron chi connectivity index (χ3n) is 4.14. The molecule has 1 aromatic heterocycles. The molecule has 0 spiro atoms. The van der Waals surface area contributed by atoms with Gasteiger partial charge in [0.05, 0.1) is 6.92 Å². The molecule has 5 heteroatoms. The van der Waals surface area contributed by atoms with Crippen LogP contribution < -0.4 is 0 Å². The minimum Gasteiger partial charge on any atom is -0.339 e. The van der Waals surface area contributed by atoms with Gasteiger partial charge >= 0.3 is 5.97 Å². The summed E-state index contributed by atoms with van der Waals surface area (Å²) in [5, 5.41) is 10.0. The van der Waals surface area contributed by atoms with Crippen molar-refractivity contribution < 1.29 is 30.0 Å². The maximum absolute atomic E-state index is 7.53. The Morgan fingerprint density at radius 3 is 2.35 bits per heavy atom. The minimum atomic E-state index is -0.583. The number of nitrogens with zero attached hydrogens (tertiary/aromatic N) is 2. The zero-order chi connectivity index (χ0) is 18.0. The molecular weight excluding hydrogens is 504 g/mol. The van der Waals surface area contributed by atoms with E-state index in [1.165, 1.54) is 34.3 Å². The van der Waals surface area contributed by atoms with Gasteiger partial charge in [0.15, 0.2) is 17.4 Å². The number of benzene rings is 3. The van der Waals surface area contributed by atoms with Crippen LogP contribution in [0.3, 0.4) is 0 Å². The molecule has 1 radical (unpaired) electrons. The van der Waals surface area contributed by atoms with Crippen molar-refractivity contribution in [2.75, 3.05) is 0 Å². The van der Waals surface area contributed by atoms with E-state index in [1.54, 1.807) is 0 Å². The summed E-state index contributed by atoms with van der Waals surface area (Å²) < 4.78 is 4.37. The molecule has 0 bridgehead atoms. The summed E-state index contributed by atoms with van der Waals surface area (Å²) in [6.45, 7) is 3.36. The number of imidazole rings is 1. The van der Waals surface area contributed by atoms with Gasteiger partial charge in [0.25, 0.3) is 0 Å². The van der Waals surface area contributed by atoms with Gasteiger partial charge in [-0.05, 0) is 12.1 Å². The van der Waals surface area contributed by atoms with E-state index in [2.05, 4.69) is 90.1 Å². The van der Waals surface area contributed by atoms with E-state index in [1.807, 2.05) is 0 Å². The Balaban J connectivity index is 0.000000444. The molecule has 0 aliphatic heterocycles. The predicted octanol–water partition coefficient (Wildman–Crippen LogP) is 4.58. The molecule has 26 heavy (non-hydrogen) atoms. The molecule has 0 saturated heterocycles. The molecule has 0 aliphatic carbocycles. The topological polar surface area (TPSA) is 51.5 Å². The zero-order valence-electron chi connectivity index (χ0n) is 14.9. The first kappa shape index (κ1) is 19.8. The van der Waals surface area contributed by atoms with E-state index in [0.717, 1.165) is 5.69 Å². The first-order valence-electron chi connectivity index (χ1n) is 8.06. The van der Waals surface area contributed by atoms with Crippen LogP contribution in [0.4, 0.5) is 0 Å². The van der Waals surface area contributed by atoms with E-state index in [0.29, 0.717) is 0 Å². The van der Waals surface area contributed by atoms with Crippen LogP contribution in [-0.2, 0) is 27.2 Å². The standard InChI is InChI=1S/C19H16N2.C2H4O2.Ir/c1-14-16-8-4-3-7-15(16)11-12-17(14)21-13-20(2)18-9-5-6-10-19(18)21;1-2(3)4;/h3-11,13H,1-2H3;1H3,(H,3,4);/p+1. The first-order valence-corrected chi connectivity index (χ1v) is 8.06. The zero-order valence-corrected chi connectivity index (χ0v) is 17.3. The van der Waals surface area contributed by atoms with Crippen LogP contribution in [0, 0.1) is 13.0 Å². The molecule has 1 heterocycles. The number of aliphatic carboxylic acids is 1. The molecule has 3 aromatic carbocycles. The van der Waals surface area contributed by atoms with Crippen LogP contribution >= 0.6 is 0 Å². The number of para-hydroxylation sites is 2. The minimum absolute atomic E-state index is 0. The molecule has 0 fully saturated rings. The summed E-state index contributed by atoms with van der Waals surface area (Å²) in [5.41, 5.74) is 4.80. The molecule has 4 nitrogen and oxygen atoms in total. The summed E-state index contributed by atoms with van der Waals surface area (Å²) in [6.07, 6.45) is 2.12. The molecule has 0 saturated carbocycles. The summed E-state index contributed by atoms with van der Waals surface area (Å²) in [5.74, 6) is -0.583. The van der Waals surface area contributed by atoms with Crippen molar-refractivity contribution in [1.29, 1.82) is 0 Å². The average Bonchev–Trinajstić information content (AvgIpc) is 2.92. The van der Waals surface area contributed by atoms with Gasteiger partial charge in [0, 0.05) is 45.0 Å². The Labute approximate surface area is 166 Å². The molecule has 2 N–H and O–H groups in total. The van der Waals surface area contributed by atoms with Crippen LogP contribution in [-0.4, -0.2) is 25.0 Å². The molecular formula is C21H21IrN2O2+. The van der Waals surface area contributed by atoms with Gasteiger partial charge in [-0.3, -0.25) is 0 Å². The SMILES string of the molecule is CC(O)=[OH+].Cc1c(-n2[cH+]n(C)c3ccccc32)[c-]cc2ccccc12.[Ir]. The maximum Gasteiger partial charge on any atom is 0.477 e. The molecule has 0 amide bonds. The Kier molecular flexibility index (Phi) is 6.30. The van der Waals surface area contributed by atoms with Crippen LogP contribution in [0.2, 0.25) is 0 Å². The predicted molar refractivity (Wildman–Crippen MR) is 103 cm³/mol. The largest absolute Gasteiger partial charge is 0.477 e. The van der Waals surface area contributed by atoms with Gasteiger partial charge in [0.1, 0.15) is 0 Å². The van der Waals surface area contributed by atoms with E-state index in [9.17, 15) is 0 Å². The van der Waals surface area contributed by atoms with E-state index >= 15 is 0 Å². The van der Waals surface area contributed by atoms with Gasteiger partial charge in [-0.25, -0.2) is 4.57 Å². The number of fused-ring (bicyclic) bond motifs is 2. The molecule has 0 unspecified atom stereocenters. The summed E-state index contributed by atoms with van der Waals surface area (Å²) in [6, 6.07) is 22.4. The van der Waals surface area contributed by atoms with Crippen molar-refractivity contribution in [3.8, 4) is 5.69 Å². The molecule has 4 rings (SSSR count). The fraction of sp³-hybridized carbons (Fsp3) is 0.143. The maximum atomic E-state index is 7.53. The number of hydrogen-bond donors (Lipinski definition) is 1. The summed E-state index contributed by atoms with van der Waals surface area (Å²) >= 11 is 0. The van der Waals surface area contributed by atoms with Crippen LogP contribution in [0.15, 0.2) is 60.9 Å². The quantitative estimate of drug-likeness (QED) is 0.287. The van der Waals surface area contributed by atoms with Gasteiger partial charge in [-0.2, -0.15) is 10.6 Å². The number of rotatable bonds is 1. The van der Waals surface area contributed by atoms with Crippen molar-refractivity contribution in [1.82, 2.24) is 9.13 Å². The van der Waals surface area contributed by atoms with Crippen molar-refractivity contribution in [3.05, 3.63) is 72.6 Å². The van der Waals surface area contributed by atoms with Crippen molar-refractivity contribution in [2.24, 2.45) is 7.05 Å². The smallest absolute Gasteiger partial charge is 0.339 e. The number of aryl methyl sites for hydroxylation is 2. The number of aliphatic hydroxyl groups excluding tert-OH is 1. The normalized spacial score (nSPS) is 10.1. The van der Waals surface area contributed by atoms with Gasteiger partial charge in [-0.15, -0.1) is 22.9 Å². The number of carboxylic acids is 1. The Bertz CT molecular complexity index is 1070. The average molecular weight is 526 g/mol. The van der Waals surface area contributed by atoms with E-state index < -0.39 is 5.97 Å². The first-order chi connectivity index (χ1) is 12.0. The number of hydrogen-bond acceptors (Lipinski definition) is 0. The molecule has 4 aromatic rings. The van der Waals surface area contributed by atoms with Crippen molar-refractivity contribution >= 4 is 27.8 Å². The Morgan fingerprint density at radius 2 is 1.65 bits per heavy atom. The molecule has 0 atom stereocenters. The van der Waals surface area contributed by atoms with Crippen molar-refractivity contribution in [3.63, 3.8) is 0 Å². The Morgan fingerprint density at radius 1 is 1.08 bits per heavy atom. The van der Waals surface area contributed by atoms with Crippen LogP contribution in [0.25, 0.3) is 27.5 Å². The van der Waals surface area contributed by atoms with E-state index in [-0.39, 0.29) is 20.1 Å². The fourth-order valence-corrected chi connectivity index (χ4v) is 3.04. The number of carboxylic acid groups (broad SMARTS) is 1. The van der Waals surface area contributed by atoms with Gasteiger partial charge in [0.2, 0.25) is 0 Å². The van der Waals surface area contributed by atoms with Crippen LogP contribution in [0.5, 0.6) is 0 Å². The van der Waals surface area contributed by atoms with Gasteiger partial charge < -0.3 is 9.90 Å². The summed E-state index contributed by atoms with van der Waals surface area (Å²) in [7, 11) is 2.08. The second-order valence-electron chi connectivity index (χ2n) is 5.98.